The highest BCUT2D eigenvalue weighted by Gasteiger charge is 2.43. The predicted octanol–water partition coefficient (Wildman–Crippen LogP) is 0.643. The summed E-state index contributed by atoms with van der Waals surface area (Å²) >= 11 is 0. The number of hydrogen-bond donors (Lipinski definition) is 2. The van der Waals surface area contributed by atoms with E-state index in [9.17, 15) is 14.4 Å². The van der Waals surface area contributed by atoms with Gasteiger partial charge in [0.05, 0.1) is 6.21 Å². The average molecular weight is 327 g/mol. The SMILES string of the molecule is CC1C(=O)N(CC(=O)O)C(=O)N1c1ccc(C=NN)cc1.Cl. The van der Waals surface area contributed by atoms with E-state index in [1.165, 1.54) is 11.1 Å². The third kappa shape index (κ3) is 3.17. The predicted molar refractivity (Wildman–Crippen MR) is 82.2 cm³/mol. The standard InChI is InChI=1S/C13H14N4O4.ClH/c1-8-12(20)16(7-11(18)19)13(21)17(8)10-4-2-9(3-5-10)6-15-14;/h2-6,8H,7,14H2,1H3,(H,18,19);1H. The maximum absolute atomic E-state index is 12.2. The average Bonchev–Trinajstić information content (AvgIpc) is 2.64. The first-order valence-electron chi connectivity index (χ1n) is 6.15. The summed E-state index contributed by atoms with van der Waals surface area (Å²) in [7, 11) is 0. The van der Waals surface area contributed by atoms with Crippen molar-refractivity contribution in [3.8, 4) is 0 Å². The fourth-order valence-electron chi connectivity index (χ4n) is 2.15. The smallest absolute Gasteiger partial charge is 0.332 e. The number of amides is 3. The molecule has 2 rings (SSSR count). The summed E-state index contributed by atoms with van der Waals surface area (Å²) in [5.41, 5.74) is 1.25. The molecule has 0 aliphatic carbocycles. The monoisotopic (exact) mass is 326 g/mol. The molecule has 0 radical (unpaired) electrons. The Morgan fingerprint density at radius 2 is 1.95 bits per heavy atom. The second-order valence-corrected chi connectivity index (χ2v) is 4.52. The van der Waals surface area contributed by atoms with Crippen molar-refractivity contribution in [1.82, 2.24) is 4.90 Å². The van der Waals surface area contributed by atoms with Gasteiger partial charge in [-0.3, -0.25) is 19.4 Å². The van der Waals surface area contributed by atoms with Gasteiger partial charge in [0.2, 0.25) is 0 Å². The quantitative estimate of drug-likeness (QED) is 0.364. The van der Waals surface area contributed by atoms with Crippen molar-refractivity contribution in [2.45, 2.75) is 13.0 Å². The number of carbonyl (C=O) groups is 3. The molecule has 0 spiro atoms. The third-order valence-electron chi connectivity index (χ3n) is 3.14. The maximum Gasteiger partial charge on any atom is 0.332 e. The van der Waals surface area contributed by atoms with Gasteiger partial charge in [-0.05, 0) is 24.6 Å². The number of urea groups is 1. The van der Waals surface area contributed by atoms with E-state index in [4.69, 9.17) is 10.9 Å². The van der Waals surface area contributed by atoms with Crippen LogP contribution in [0.3, 0.4) is 0 Å². The molecule has 8 nitrogen and oxygen atoms in total. The van der Waals surface area contributed by atoms with E-state index in [-0.39, 0.29) is 12.4 Å². The number of rotatable bonds is 4. The van der Waals surface area contributed by atoms with Crippen molar-refractivity contribution in [3.63, 3.8) is 0 Å². The Hall–Kier alpha value is -2.61. The summed E-state index contributed by atoms with van der Waals surface area (Å²) in [5.74, 6) is 3.28. The van der Waals surface area contributed by atoms with Crippen molar-refractivity contribution in [2.75, 3.05) is 11.4 Å². The van der Waals surface area contributed by atoms with Crippen molar-refractivity contribution >= 4 is 42.2 Å². The number of hydrogen-bond acceptors (Lipinski definition) is 5. The van der Waals surface area contributed by atoms with Crippen LogP contribution >= 0.6 is 12.4 Å². The summed E-state index contributed by atoms with van der Waals surface area (Å²) in [6.07, 6.45) is 1.45. The fraction of sp³-hybridized carbons (Fsp3) is 0.231. The Morgan fingerprint density at radius 3 is 2.45 bits per heavy atom. The molecule has 1 unspecified atom stereocenters. The largest absolute Gasteiger partial charge is 0.480 e. The van der Waals surface area contributed by atoms with Crippen molar-refractivity contribution in [2.24, 2.45) is 10.9 Å². The van der Waals surface area contributed by atoms with E-state index >= 15 is 0 Å². The van der Waals surface area contributed by atoms with Crippen LogP contribution in [0.5, 0.6) is 0 Å². The van der Waals surface area contributed by atoms with E-state index in [0.717, 1.165) is 10.5 Å². The zero-order chi connectivity index (χ0) is 15.6. The molecule has 1 atom stereocenters. The summed E-state index contributed by atoms with van der Waals surface area (Å²) in [4.78, 5) is 36.9. The number of anilines is 1. The molecular weight excluding hydrogens is 312 g/mol. The highest BCUT2D eigenvalue weighted by molar-refractivity contribution is 6.15. The zero-order valence-corrected chi connectivity index (χ0v) is 12.5. The van der Waals surface area contributed by atoms with Gasteiger partial charge in [-0.1, -0.05) is 12.1 Å². The highest BCUT2D eigenvalue weighted by atomic mass is 35.5. The highest BCUT2D eigenvalue weighted by Crippen LogP contribution is 2.25. The second-order valence-electron chi connectivity index (χ2n) is 4.52. The lowest BCUT2D eigenvalue weighted by atomic mass is 10.2. The third-order valence-corrected chi connectivity index (χ3v) is 3.14. The molecule has 3 amide bonds. The molecule has 1 aromatic rings. The number of hydrazone groups is 1. The van der Waals surface area contributed by atoms with Gasteiger partial charge in [0.1, 0.15) is 12.6 Å². The van der Waals surface area contributed by atoms with Gasteiger partial charge in [-0.2, -0.15) is 5.10 Å². The lowest BCUT2D eigenvalue weighted by Crippen LogP contribution is -2.36. The van der Waals surface area contributed by atoms with Crippen LogP contribution in [-0.2, 0) is 9.59 Å². The van der Waals surface area contributed by atoms with Crippen LogP contribution < -0.4 is 10.7 Å². The van der Waals surface area contributed by atoms with Crippen molar-refractivity contribution in [1.29, 1.82) is 0 Å². The van der Waals surface area contributed by atoms with E-state index < -0.39 is 30.5 Å². The van der Waals surface area contributed by atoms with Crippen LogP contribution in [0.1, 0.15) is 12.5 Å². The summed E-state index contributed by atoms with van der Waals surface area (Å²) < 4.78 is 0. The minimum Gasteiger partial charge on any atom is -0.480 e. The van der Waals surface area contributed by atoms with Gasteiger partial charge in [0.25, 0.3) is 5.91 Å². The number of carboxylic acids is 1. The van der Waals surface area contributed by atoms with Crippen LogP contribution in [0.2, 0.25) is 0 Å². The first-order valence-corrected chi connectivity index (χ1v) is 6.15. The molecular formula is C13H15ClN4O4. The fourth-order valence-corrected chi connectivity index (χ4v) is 2.15. The Balaban J connectivity index is 0.00000242. The van der Waals surface area contributed by atoms with Crippen LogP contribution in [0.4, 0.5) is 10.5 Å². The number of benzene rings is 1. The van der Waals surface area contributed by atoms with E-state index in [0.29, 0.717) is 5.69 Å². The van der Waals surface area contributed by atoms with Gasteiger partial charge < -0.3 is 10.9 Å². The maximum atomic E-state index is 12.2. The number of carboxylic acid groups (broad SMARTS) is 1. The number of carbonyl (C=O) groups excluding carboxylic acids is 2. The second kappa shape index (κ2) is 6.90. The van der Waals surface area contributed by atoms with Gasteiger partial charge in [0.15, 0.2) is 0 Å². The first-order chi connectivity index (χ1) is 9.95. The van der Waals surface area contributed by atoms with Crippen LogP contribution in [0, 0.1) is 0 Å². The lowest BCUT2D eigenvalue weighted by molar-refractivity contribution is -0.141. The molecule has 0 aromatic heterocycles. The number of nitrogens with two attached hydrogens (primary N) is 1. The molecule has 9 heteroatoms. The van der Waals surface area contributed by atoms with Crippen molar-refractivity contribution in [3.05, 3.63) is 29.8 Å². The van der Waals surface area contributed by atoms with Gasteiger partial charge in [-0.15, -0.1) is 12.4 Å². The Kier molecular flexibility index (Phi) is 5.47. The van der Waals surface area contributed by atoms with Crippen molar-refractivity contribution < 1.29 is 19.5 Å². The van der Waals surface area contributed by atoms with Gasteiger partial charge in [-0.25, -0.2) is 4.79 Å². The van der Waals surface area contributed by atoms with E-state index in [1.807, 2.05) is 0 Å². The molecule has 1 saturated heterocycles. The molecule has 3 N–H and O–H groups in total. The number of aliphatic carboxylic acids is 1. The first kappa shape index (κ1) is 17.4. The summed E-state index contributed by atoms with van der Waals surface area (Å²) in [6.45, 7) is 0.910. The Bertz CT molecular complexity index is 617. The van der Waals surface area contributed by atoms with Crippen LogP contribution in [-0.4, -0.2) is 46.7 Å². The van der Waals surface area contributed by atoms with Crippen LogP contribution in [0.15, 0.2) is 29.4 Å². The number of imide groups is 1. The molecule has 0 bridgehead atoms. The summed E-state index contributed by atoms with van der Waals surface area (Å²) in [6, 6.07) is 5.28. The molecule has 0 saturated carbocycles. The Labute approximate surface area is 132 Å². The van der Waals surface area contributed by atoms with E-state index in [1.54, 1.807) is 31.2 Å². The molecule has 1 fully saturated rings. The molecule has 22 heavy (non-hydrogen) atoms. The lowest BCUT2D eigenvalue weighted by Gasteiger charge is -2.19. The summed E-state index contributed by atoms with van der Waals surface area (Å²) in [5, 5.41) is 12.1. The number of nitrogens with zero attached hydrogens (tertiary/aromatic N) is 3. The zero-order valence-electron chi connectivity index (χ0n) is 11.7. The molecule has 1 aliphatic heterocycles. The van der Waals surface area contributed by atoms with Crippen LogP contribution in [0.25, 0.3) is 0 Å². The van der Waals surface area contributed by atoms with Gasteiger partial charge in [0, 0.05) is 5.69 Å². The normalized spacial score (nSPS) is 18.0. The topological polar surface area (TPSA) is 116 Å². The Morgan fingerprint density at radius 1 is 1.36 bits per heavy atom. The molecule has 1 aromatic carbocycles. The minimum absolute atomic E-state index is 0. The number of halogens is 1. The molecule has 1 heterocycles. The van der Waals surface area contributed by atoms with Gasteiger partial charge >= 0.3 is 12.0 Å². The molecule has 118 valence electrons. The molecule has 1 aliphatic rings. The van der Waals surface area contributed by atoms with E-state index in [2.05, 4.69) is 5.10 Å². The minimum atomic E-state index is -1.24.